The molecule has 0 radical (unpaired) electrons. The van der Waals surface area contributed by atoms with Crippen molar-refractivity contribution in [3.63, 3.8) is 0 Å². The lowest BCUT2D eigenvalue weighted by Crippen LogP contribution is -2.11. The van der Waals surface area contributed by atoms with E-state index < -0.39 is 5.97 Å². The molecule has 0 aliphatic carbocycles. The lowest BCUT2D eigenvalue weighted by molar-refractivity contribution is -0.139. The quantitative estimate of drug-likeness (QED) is 0.215. The maximum atomic E-state index is 14.7. The number of ether oxygens (including phenoxy) is 1. The van der Waals surface area contributed by atoms with Crippen LogP contribution in [0.5, 0.6) is 0 Å². The summed E-state index contributed by atoms with van der Waals surface area (Å²) in [7, 11) is 0. The molecule has 0 aliphatic heterocycles. The number of aliphatic hydroxyl groups is 2. The number of benzene rings is 2. The van der Waals surface area contributed by atoms with Crippen LogP contribution in [-0.4, -0.2) is 36.0 Å². The zero-order valence-electron chi connectivity index (χ0n) is 20.6. The van der Waals surface area contributed by atoms with Gasteiger partial charge in [0.25, 0.3) is 0 Å². The zero-order chi connectivity index (χ0) is 24.9. The summed E-state index contributed by atoms with van der Waals surface area (Å²) in [5.41, 5.74) is 5.79. The Labute approximate surface area is 203 Å². The Morgan fingerprint density at radius 3 is 2.18 bits per heavy atom. The number of esters is 1. The van der Waals surface area contributed by atoms with Crippen LogP contribution in [0.2, 0.25) is 0 Å². The van der Waals surface area contributed by atoms with Gasteiger partial charge >= 0.3 is 5.97 Å². The van der Waals surface area contributed by atoms with Crippen molar-refractivity contribution in [2.45, 2.75) is 65.2 Å². The highest BCUT2D eigenvalue weighted by Gasteiger charge is 2.10. The minimum atomic E-state index is -0.391. The third kappa shape index (κ3) is 9.03. The number of hydrogen-bond donors (Lipinski definition) is 2. The lowest BCUT2D eigenvalue weighted by atomic mass is 9.93. The second kappa shape index (κ2) is 14.7. The van der Waals surface area contributed by atoms with Crippen molar-refractivity contribution < 1.29 is 24.1 Å². The van der Waals surface area contributed by atoms with E-state index in [0.29, 0.717) is 37.0 Å². The maximum Gasteiger partial charge on any atom is 0.333 e. The van der Waals surface area contributed by atoms with Gasteiger partial charge in [-0.2, -0.15) is 0 Å². The van der Waals surface area contributed by atoms with E-state index in [1.807, 2.05) is 12.1 Å². The van der Waals surface area contributed by atoms with Crippen LogP contribution in [0, 0.1) is 11.7 Å². The van der Waals surface area contributed by atoms with Gasteiger partial charge in [0.05, 0.1) is 6.61 Å². The summed E-state index contributed by atoms with van der Waals surface area (Å²) >= 11 is 0. The monoisotopic (exact) mass is 470 g/mol. The first-order valence-electron chi connectivity index (χ1n) is 12.3. The first kappa shape index (κ1) is 27.7. The molecular formula is C29H39FO4. The average Bonchev–Trinajstić information content (AvgIpc) is 2.84. The minimum Gasteiger partial charge on any atom is -0.462 e. The fourth-order valence-electron chi connectivity index (χ4n) is 4.03. The molecule has 2 N–H and O–H groups in total. The van der Waals surface area contributed by atoms with Crippen molar-refractivity contribution in [2.24, 2.45) is 5.92 Å². The summed E-state index contributed by atoms with van der Waals surface area (Å²) in [5.74, 6) is -0.614. The van der Waals surface area contributed by atoms with Crippen molar-refractivity contribution in [2.75, 3.05) is 19.8 Å². The van der Waals surface area contributed by atoms with E-state index in [-0.39, 0.29) is 24.9 Å². The van der Waals surface area contributed by atoms with E-state index in [1.165, 1.54) is 16.7 Å². The van der Waals surface area contributed by atoms with Crippen molar-refractivity contribution in [1.82, 2.24) is 0 Å². The molecule has 0 amide bonds. The smallest absolute Gasteiger partial charge is 0.333 e. The van der Waals surface area contributed by atoms with E-state index in [1.54, 1.807) is 13.0 Å². The van der Waals surface area contributed by atoms with Crippen molar-refractivity contribution in [1.29, 1.82) is 0 Å². The molecule has 34 heavy (non-hydrogen) atoms. The highest BCUT2D eigenvalue weighted by Crippen LogP contribution is 2.20. The van der Waals surface area contributed by atoms with Gasteiger partial charge in [0, 0.05) is 24.7 Å². The van der Waals surface area contributed by atoms with Gasteiger partial charge in [-0.15, -0.1) is 0 Å². The van der Waals surface area contributed by atoms with E-state index >= 15 is 0 Å². The molecule has 186 valence electrons. The molecule has 0 saturated carbocycles. The summed E-state index contributed by atoms with van der Waals surface area (Å²) in [6.07, 6.45) is 6.32. The summed E-state index contributed by atoms with van der Waals surface area (Å²) < 4.78 is 19.8. The molecule has 0 atom stereocenters. The van der Waals surface area contributed by atoms with E-state index in [2.05, 4.69) is 31.7 Å². The van der Waals surface area contributed by atoms with Crippen molar-refractivity contribution in [3.8, 4) is 0 Å². The van der Waals surface area contributed by atoms with Crippen molar-refractivity contribution in [3.05, 3.63) is 82.2 Å². The van der Waals surface area contributed by atoms with Crippen LogP contribution in [0.4, 0.5) is 4.39 Å². The predicted octanol–water partition coefficient (Wildman–Crippen LogP) is 5.15. The molecule has 0 bridgehead atoms. The number of halogens is 1. The second-order valence-electron chi connectivity index (χ2n) is 9.03. The Morgan fingerprint density at radius 1 is 0.941 bits per heavy atom. The van der Waals surface area contributed by atoms with E-state index in [0.717, 1.165) is 37.7 Å². The summed E-state index contributed by atoms with van der Waals surface area (Å²) in [6.45, 7) is 7.66. The molecule has 5 heteroatoms. The molecule has 0 heterocycles. The van der Waals surface area contributed by atoms with Gasteiger partial charge in [-0.1, -0.05) is 43.8 Å². The Morgan fingerprint density at radius 2 is 1.56 bits per heavy atom. The second-order valence-corrected chi connectivity index (χ2v) is 9.03. The van der Waals surface area contributed by atoms with Gasteiger partial charge < -0.3 is 14.9 Å². The summed E-state index contributed by atoms with van der Waals surface area (Å²) in [5, 5.41) is 18.4. The van der Waals surface area contributed by atoms with Crippen molar-refractivity contribution >= 4 is 5.97 Å². The Bertz CT molecular complexity index is 934. The molecule has 0 spiro atoms. The minimum absolute atomic E-state index is 0.0259. The molecule has 0 fully saturated rings. The van der Waals surface area contributed by atoms with Crippen LogP contribution in [0.1, 0.15) is 60.9 Å². The Balaban J connectivity index is 1.87. The van der Waals surface area contributed by atoms with Crippen LogP contribution in [-0.2, 0) is 41.6 Å². The first-order chi connectivity index (χ1) is 16.4. The van der Waals surface area contributed by atoms with Crippen LogP contribution < -0.4 is 0 Å². The topological polar surface area (TPSA) is 66.8 Å². The van der Waals surface area contributed by atoms with E-state index in [9.17, 15) is 19.4 Å². The number of hydrogen-bond acceptors (Lipinski definition) is 4. The summed E-state index contributed by atoms with van der Waals surface area (Å²) in [4.78, 5) is 11.4. The normalized spacial score (nSPS) is 11.1. The number of carbonyl (C=O) groups excluding carboxylic acids is 1. The molecule has 0 aromatic heterocycles. The Hall–Kier alpha value is -2.50. The zero-order valence-corrected chi connectivity index (χ0v) is 20.6. The molecule has 4 nitrogen and oxygen atoms in total. The van der Waals surface area contributed by atoms with Gasteiger partial charge in [-0.3, -0.25) is 0 Å². The van der Waals surface area contributed by atoms with Gasteiger partial charge in [0.1, 0.15) is 5.82 Å². The fraction of sp³-hybridized carbons (Fsp3) is 0.483. The van der Waals surface area contributed by atoms with Gasteiger partial charge in [0.2, 0.25) is 0 Å². The largest absolute Gasteiger partial charge is 0.462 e. The van der Waals surface area contributed by atoms with Crippen LogP contribution in [0.15, 0.2) is 48.6 Å². The lowest BCUT2D eigenvalue weighted by Gasteiger charge is -2.13. The first-order valence-corrected chi connectivity index (χ1v) is 12.3. The highest BCUT2D eigenvalue weighted by atomic mass is 19.1. The molecule has 2 aromatic carbocycles. The van der Waals surface area contributed by atoms with Gasteiger partial charge in [-0.05, 0) is 92.2 Å². The molecular weight excluding hydrogens is 431 g/mol. The fourth-order valence-corrected chi connectivity index (χ4v) is 4.03. The molecule has 2 aromatic rings. The van der Waals surface area contributed by atoms with Crippen LogP contribution in [0.25, 0.3) is 0 Å². The van der Waals surface area contributed by atoms with Gasteiger partial charge in [-0.25, -0.2) is 9.18 Å². The SMILES string of the molecule is C=C(C)C(=O)OCCCc1ccc(CCc2ccc(CCCC(CO)CO)cc2CC)c(F)c1. The molecule has 2 rings (SSSR count). The maximum absolute atomic E-state index is 14.7. The highest BCUT2D eigenvalue weighted by molar-refractivity contribution is 5.86. The third-order valence-corrected chi connectivity index (χ3v) is 6.22. The summed E-state index contributed by atoms with van der Waals surface area (Å²) in [6, 6.07) is 11.9. The number of aryl methyl sites for hydroxylation is 5. The standard InChI is InChI=1S/C29H39FO4/c1-4-25-17-22(7-5-8-24(19-31)20-32)10-12-26(25)14-15-27-13-11-23(18-28(27)30)9-6-16-34-29(33)21(2)3/h10-13,17-18,24,31-32H,2,4-9,14-16,19-20H2,1,3H3. The molecule has 0 aliphatic rings. The number of carbonyl (C=O) groups is 1. The number of rotatable bonds is 15. The van der Waals surface area contributed by atoms with Crippen LogP contribution >= 0.6 is 0 Å². The number of aliphatic hydroxyl groups excluding tert-OH is 2. The van der Waals surface area contributed by atoms with E-state index in [4.69, 9.17) is 4.74 Å². The third-order valence-electron chi connectivity index (χ3n) is 6.22. The predicted molar refractivity (Wildman–Crippen MR) is 134 cm³/mol. The molecule has 0 saturated heterocycles. The average molecular weight is 471 g/mol. The van der Waals surface area contributed by atoms with Crippen LogP contribution in [0.3, 0.4) is 0 Å². The molecule has 0 unspecified atom stereocenters. The Kier molecular flexibility index (Phi) is 12.0. The van der Waals surface area contributed by atoms with Gasteiger partial charge in [0.15, 0.2) is 0 Å².